The molecule has 5 nitrogen and oxygen atoms in total. The number of carbonyl (C=O) groups is 2. The van der Waals surface area contributed by atoms with Gasteiger partial charge in [0.1, 0.15) is 6.04 Å². The number of carboxylic acid groups (broad SMARTS) is 1. The zero-order valence-corrected chi connectivity index (χ0v) is 12.2. The first-order chi connectivity index (χ1) is 9.43. The van der Waals surface area contributed by atoms with Gasteiger partial charge in [-0.25, -0.2) is 9.59 Å². The molecule has 0 saturated heterocycles. The number of unbranched alkanes of at least 4 members (excludes halogenated alkanes) is 1. The first-order valence-electron chi connectivity index (χ1n) is 6.81. The average molecular weight is 278 g/mol. The minimum Gasteiger partial charge on any atom is -0.480 e. The molecule has 0 bridgehead atoms. The first-order valence-corrected chi connectivity index (χ1v) is 6.81. The Morgan fingerprint density at radius 3 is 2.55 bits per heavy atom. The molecule has 1 rings (SSSR count). The molecule has 5 heteroatoms. The Morgan fingerprint density at radius 1 is 1.30 bits per heavy atom. The Hall–Kier alpha value is -2.04. The maximum atomic E-state index is 11.8. The molecule has 0 fully saturated rings. The molecule has 1 unspecified atom stereocenters. The van der Waals surface area contributed by atoms with Crippen LogP contribution in [0, 0.1) is 13.8 Å². The maximum Gasteiger partial charge on any atom is 0.326 e. The summed E-state index contributed by atoms with van der Waals surface area (Å²) < 4.78 is 0. The summed E-state index contributed by atoms with van der Waals surface area (Å²) in [6, 6.07) is 4.34. The molecule has 0 spiro atoms. The topological polar surface area (TPSA) is 78.4 Å². The molecule has 1 aromatic rings. The number of anilines is 1. The second kappa shape index (κ2) is 7.53. The van der Waals surface area contributed by atoms with Gasteiger partial charge in [-0.3, -0.25) is 0 Å². The van der Waals surface area contributed by atoms with Crippen LogP contribution in [0.25, 0.3) is 0 Å². The molecule has 1 aromatic carbocycles. The van der Waals surface area contributed by atoms with Gasteiger partial charge in [0.25, 0.3) is 0 Å². The predicted octanol–water partition coefficient (Wildman–Crippen LogP) is 3.07. The molecule has 0 saturated carbocycles. The number of rotatable bonds is 6. The number of carbonyl (C=O) groups excluding carboxylic acids is 1. The van der Waals surface area contributed by atoms with E-state index in [1.165, 1.54) is 0 Å². The zero-order valence-electron chi connectivity index (χ0n) is 12.2. The van der Waals surface area contributed by atoms with Gasteiger partial charge in [-0.2, -0.15) is 0 Å². The van der Waals surface area contributed by atoms with Gasteiger partial charge in [0.2, 0.25) is 0 Å². The van der Waals surface area contributed by atoms with E-state index >= 15 is 0 Å². The number of hydrogen-bond acceptors (Lipinski definition) is 2. The Balaban J connectivity index is 2.63. The van der Waals surface area contributed by atoms with Crippen LogP contribution in [0.2, 0.25) is 0 Å². The van der Waals surface area contributed by atoms with Gasteiger partial charge >= 0.3 is 12.0 Å². The van der Waals surface area contributed by atoms with Crippen LogP contribution in [-0.4, -0.2) is 23.1 Å². The van der Waals surface area contributed by atoms with E-state index in [-0.39, 0.29) is 0 Å². The summed E-state index contributed by atoms with van der Waals surface area (Å²) in [7, 11) is 0. The van der Waals surface area contributed by atoms with Gasteiger partial charge in [-0.1, -0.05) is 37.5 Å². The molecule has 1 atom stereocenters. The summed E-state index contributed by atoms with van der Waals surface area (Å²) in [5.74, 6) is -1.01. The zero-order chi connectivity index (χ0) is 15.1. The number of aliphatic carboxylic acids is 1. The van der Waals surface area contributed by atoms with E-state index in [1.807, 2.05) is 39.0 Å². The fourth-order valence-electron chi connectivity index (χ4n) is 1.94. The lowest BCUT2D eigenvalue weighted by molar-refractivity contribution is -0.139. The smallest absolute Gasteiger partial charge is 0.326 e. The maximum absolute atomic E-state index is 11.8. The lowest BCUT2D eigenvalue weighted by Crippen LogP contribution is -2.43. The Labute approximate surface area is 119 Å². The number of aryl methyl sites for hydroxylation is 2. The fraction of sp³-hybridized carbons (Fsp3) is 0.467. The quantitative estimate of drug-likeness (QED) is 0.748. The minimum atomic E-state index is -1.01. The van der Waals surface area contributed by atoms with Crippen molar-refractivity contribution in [3.8, 4) is 0 Å². The third kappa shape index (κ3) is 4.91. The summed E-state index contributed by atoms with van der Waals surface area (Å²) in [4.78, 5) is 22.9. The highest BCUT2D eigenvalue weighted by atomic mass is 16.4. The van der Waals surface area contributed by atoms with Gasteiger partial charge in [0, 0.05) is 5.69 Å². The van der Waals surface area contributed by atoms with Crippen LogP contribution in [-0.2, 0) is 4.79 Å². The van der Waals surface area contributed by atoms with Crippen molar-refractivity contribution >= 4 is 17.7 Å². The molecular formula is C15H22N2O3. The Morgan fingerprint density at radius 2 is 2.00 bits per heavy atom. The van der Waals surface area contributed by atoms with Gasteiger partial charge in [0.05, 0.1) is 0 Å². The van der Waals surface area contributed by atoms with Crippen LogP contribution in [0.15, 0.2) is 18.2 Å². The van der Waals surface area contributed by atoms with Gasteiger partial charge in [-0.15, -0.1) is 0 Å². The highest BCUT2D eigenvalue weighted by molar-refractivity contribution is 5.92. The normalized spacial score (nSPS) is 11.8. The van der Waals surface area contributed by atoms with Crippen LogP contribution in [0.1, 0.15) is 37.3 Å². The molecule has 0 aliphatic carbocycles. The number of urea groups is 1. The van der Waals surface area contributed by atoms with Crippen LogP contribution >= 0.6 is 0 Å². The second-order valence-corrected chi connectivity index (χ2v) is 4.95. The summed E-state index contributed by atoms with van der Waals surface area (Å²) in [6.45, 7) is 5.85. The Kier molecular flexibility index (Phi) is 6.03. The molecule has 110 valence electrons. The summed E-state index contributed by atoms with van der Waals surface area (Å²) >= 11 is 0. The van der Waals surface area contributed by atoms with E-state index in [2.05, 4.69) is 10.6 Å². The third-order valence-electron chi connectivity index (χ3n) is 3.08. The number of carboxylic acids is 1. The fourth-order valence-corrected chi connectivity index (χ4v) is 1.94. The molecule has 0 radical (unpaired) electrons. The van der Waals surface area contributed by atoms with Crippen molar-refractivity contribution in [3.63, 3.8) is 0 Å². The highest BCUT2D eigenvalue weighted by Gasteiger charge is 2.19. The van der Waals surface area contributed by atoms with Crippen LogP contribution < -0.4 is 10.6 Å². The van der Waals surface area contributed by atoms with Gasteiger partial charge in [-0.05, 0) is 31.9 Å². The van der Waals surface area contributed by atoms with Crippen LogP contribution in [0.3, 0.4) is 0 Å². The van der Waals surface area contributed by atoms with E-state index in [4.69, 9.17) is 5.11 Å². The Bertz CT molecular complexity index is 486. The molecule has 0 heterocycles. The van der Waals surface area contributed by atoms with Crippen LogP contribution in [0.5, 0.6) is 0 Å². The number of hydrogen-bond donors (Lipinski definition) is 3. The van der Waals surface area contributed by atoms with E-state index in [9.17, 15) is 9.59 Å². The van der Waals surface area contributed by atoms with E-state index in [1.54, 1.807) is 0 Å². The van der Waals surface area contributed by atoms with Crippen molar-refractivity contribution in [2.75, 3.05) is 5.32 Å². The van der Waals surface area contributed by atoms with E-state index in [0.717, 1.165) is 24.0 Å². The van der Waals surface area contributed by atoms with E-state index in [0.29, 0.717) is 12.1 Å². The largest absolute Gasteiger partial charge is 0.480 e. The van der Waals surface area contributed by atoms with Crippen molar-refractivity contribution in [3.05, 3.63) is 29.3 Å². The first kappa shape index (κ1) is 16.0. The number of nitrogens with one attached hydrogen (secondary N) is 2. The number of amides is 2. The standard InChI is InChI=1S/C15H22N2O3/c1-4-5-6-13(14(18)19)17-15(20)16-12-8-7-10(2)9-11(12)3/h7-9,13H,4-6H2,1-3H3,(H,18,19)(H2,16,17,20). The second-order valence-electron chi connectivity index (χ2n) is 4.95. The molecule has 20 heavy (non-hydrogen) atoms. The predicted molar refractivity (Wildman–Crippen MR) is 79.0 cm³/mol. The lowest BCUT2D eigenvalue weighted by Gasteiger charge is -2.15. The van der Waals surface area contributed by atoms with Crippen molar-refractivity contribution < 1.29 is 14.7 Å². The monoisotopic (exact) mass is 278 g/mol. The lowest BCUT2D eigenvalue weighted by atomic mass is 10.1. The highest BCUT2D eigenvalue weighted by Crippen LogP contribution is 2.15. The molecular weight excluding hydrogens is 256 g/mol. The molecule has 0 aromatic heterocycles. The van der Waals surface area contributed by atoms with Crippen molar-refractivity contribution in [2.45, 2.75) is 46.1 Å². The minimum absolute atomic E-state index is 0.437. The van der Waals surface area contributed by atoms with Crippen molar-refractivity contribution in [1.29, 1.82) is 0 Å². The van der Waals surface area contributed by atoms with Crippen molar-refractivity contribution in [2.24, 2.45) is 0 Å². The van der Waals surface area contributed by atoms with E-state index < -0.39 is 18.0 Å². The summed E-state index contributed by atoms with van der Waals surface area (Å²) in [5.41, 5.74) is 2.74. The average Bonchev–Trinajstić information content (AvgIpc) is 2.37. The van der Waals surface area contributed by atoms with Crippen LogP contribution in [0.4, 0.5) is 10.5 Å². The molecule has 0 aliphatic rings. The van der Waals surface area contributed by atoms with Gasteiger partial charge in [0.15, 0.2) is 0 Å². The number of benzene rings is 1. The molecule has 2 amide bonds. The molecule has 0 aliphatic heterocycles. The summed E-state index contributed by atoms with van der Waals surface area (Å²) in [5, 5.41) is 14.2. The summed E-state index contributed by atoms with van der Waals surface area (Å²) in [6.07, 6.45) is 2.09. The molecule has 3 N–H and O–H groups in total. The SMILES string of the molecule is CCCCC(NC(=O)Nc1ccc(C)cc1C)C(=O)O. The third-order valence-corrected chi connectivity index (χ3v) is 3.08. The van der Waals surface area contributed by atoms with Gasteiger partial charge < -0.3 is 15.7 Å². The van der Waals surface area contributed by atoms with Crippen molar-refractivity contribution in [1.82, 2.24) is 5.32 Å².